The predicted octanol–water partition coefficient (Wildman–Crippen LogP) is 2.32. The Morgan fingerprint density at radius 1 is 1.50 bits per heavy atom. The van der Waals surface area contributed by atoms with Gasteiger partial charge in [0.15, 0.2) is 5.82 Å². The van der Waals surface area contributed by atoms with E-state index < -0.39 is 11.9 Å². The molecule has 6 heteroatoms. The number of aromatic nitrogens is 4. The topological polar surface area (TPSA) is 80.9 Å². The van der Waals surface area contributed by atoms with Crippen LogP contribution in [-0.4, -0.2) is 31.3 Å². The lowest BCUT2D eigenvalue weighted by Gasteiger charge is -2.23. The summed E-state index contributed by atoms with van der Waals surface area (Å²) in [6.07, 6.45) is 1.67. The zero-order chi connectivity index (χ0) is 15.1. The molecule has 1 N–H and O–H groups in total. The molecule has 2 unspecified atom stereocenters. The maximum absolute atomic E-state index is 11.4. The summed E-state index contributed by atoms with van der Waals surface area (Å²) in [5.41, 5.74) is 0.200. The zero-order valence-electron chi connectivity index (χ0n) is 12.9. The maximum atomic E-state index is 11.4. The number of hydrogen-bond acceptors (Lipinski definition) is 4. The van der Waals surface area contributed by atoms with Gasteiger partial charge in [0.2, 0.25) is 0 Å². The fourth-order valence-electron chi connectivity index (χ4n) is 2.68. The zero-order valence-corrected chi connectivity index (χ0v) is 12.9. The third-order valence-corrected chi connectivity index (χ3v) is 3.99. The van der Waals surface area contributed by atoms with Crippen LogP contribution in [0.4, 0.5) is 0 Å². The van der Waals surface area contributed by atoms with Crippen LogP contribution in [0, 0.1) is 16.7 Å². The van der Waals surface area contributed by atoms with Crippen molar-refractivity contribution in [3.8, 4) is 0 Å². The summed E-state index contributed by atoms with van der Waals surface area (Å²) >= 11 is 0. The minimum Gasteiger partial charge on any atom is -0.481 e. The Morgan fingerprint density at radius 2 is 2.10 bits per heavy atom. The molecule has 0 radical (unpaired) electrons. The Kier molecular flexibility index (Phi) is 3.60. The highest BCUT2D eigenvalue weighted by Gasteiger charge is 2.50. The monoisotopic (exact) mass is 280 g/mol. The highest BCUT2D eigenvalue weighted by Crippen LogP contribution is 2.57. The van der Waals surface area contributed by atoms with Gasteiger partial charge in [0.1, 0.15) is 0 Å². The second kappa shape index (κ2) is 4.82. The Morgan fingerprint density at radius 3 is 2.55 bits per heavy atom. The molecule has 1 aromatic rings. The maximum Gasteiger partial charge on any atom is 0.308 e. The van der Waals surface area contributed by atoms with Crippen molar-refractivity contribution >= 4 is 5.97 Å². The van der Waals surface area contributed by atoms with Crippen LogP contribution in [0.25, 0.3) is 0 Å². The second-order valence-corrected chi connectivity index (χ2v) is 7.76. The second-order valence-electron chi connectivity index (χ2n) is 7.76. The van der Waals surface area contributed by atoms with Gasteiger partial charge < -0.3 is 5.11 Å². The van der Waals surface area contributed by atoms with Crippen LogP contribution < -0.4 is 0 Å². The van der Waals surface area contributed by atoms with E-state index >= 15 is 0 Å². The molecule has 1 aliphatic rings. The van der Waals surface area contributed by atoms with Crippen LogP contribution in [0.3, 0.4) is 0 Å². The summed E-state index contributed by atoms with van der Waals surface area (Å²) in [6, 6.07) is 0. The quantitative estimate of drug-likeness (QED) is 0.895. The molecule has 2 atom stereocenters. The van der Waals surface area contributed by atoms with Gasteiger partial charge in [-0.2, -0.15) is 0 Å². The van der Waals surface area contributed by atoms with Crippen molar-refractivity contribution in [2.45, 2.75) is 59.9 Å². The van der Waals surface area contributed by atoms with E-state index in [2.05, 4.69) is 29.4 Å². The molecular weight excluding hydrogens is 256 g/mol. The third-order valence-electron chi connectivity index (χ3n) is 3.99. The predicted molar refractivity (Wildman–Crippen MR) is 74.2 cm³/mol. The summed E-state index contributed by atoms with van der Waals surface area (Å²) in [5, 5.41) is 21.2. The number of carbonyl (C=O) groups is 1. The van der Waals surface area contributed by atoms with Gasteiger partial charge in [-0.15, -0.1) is 5.10 Å². The van der Waals surface area contributed by atoms with Crippen molar-refractivity contribution in [3.63, 3.8) is 0 Å². The molecule has 0 aliphatic heterocycles. The van der Waals surface area contributed by atoms with E-state index in [0.29, 0.717) is 18.9 Å². The van der Waals surface area contributed by atoms with Gasteiger partial charge in [-0.1, -0.05) is 34.6 Å². The number of carboxylic acids is 1. The smallest absolute Gasteiger partial charge is 0.308 e. The standard InChI is InChI=1S/C14H24N4O2/c1-13(2,3)6-9(12(19)20)8-18-11(15-16-17-18)10-7-14(10,4)5/h9-10H,6-8H2,1-5H3,(H,19,20). The molecule has 20 heavy (non-hydrogen) atoms. The molecule has 0 saturated heterocycles. The Hall–Kier alpha value is -1.46. The van der Waals surface area contributed by atoms with Crippen molar-refractivity contribution < 1.29 is 9.90 Å². The summed E-state index contributed by atoms with van der Waals surface area (Å²) < 4.78 is 1.68. The number of rotatable bonds is 5. The van der Waals surface area contributed by atoms with Gasteiger partial charge in [-0.25, -0.2) is 4.68 Å². The minimum atomic E-state index is -0.781. The lowest BCUT2D eigenvalue weighted by atomic mass is 9.84. The Balaban J connectivity index is 2.12. The van der Waals surface area contributed by atoms with Gasteiger partial charge in [-0.05, 0) is 34.1 Å². The van der Waals surface area contributed by atoms with E-state index in [-0.39, 0.29) is 10.8 Å². The molecule has 1 aromatic heterocycles. The van der Waals surface area contributed by atoms with Gasteiger partial charge >= 0.3 is 5.97 Å². The van der Waals surface area contributed by atoms with Gasteiger partial charge in [0.25, 0.3) is 0 Å². The number of hydrogen-bond donors (Lipinski definition) is 1. The van der Waals surface area contributed by atoms with E-state index in [0.717, 1.165) is 12.2 Å². The van der Waals surface area contributed by atoms with Crippen LogP contribution in [-0.2, 0) is 11.3 Å². The number of nitrogens with zero attached hydrogens (tertiary/aromatic N) is 4. The van der Waals surface area contributed by atoms with E-state index in [9.17, 15) is 9.90 Å². The minimum absolute atomic E-state index is 0.0317. The number of aliphatic carboxylic acids is 1. The van der Waals surface area contributed by atoms with Crippen molar-refractivity contribution in [1.29, 1.82) is 0 Å². The summed E-state index contributed by atoms with van der Waals surface area (Å²) in [4.78, 5) is 11.4. The summed E-state index contributed by atoms with van der Waals surface area (Å²) in [6.45, 7) is 10.9. The van der Waals surface area contributed by atoms with Crippen LogP contribution in [0.1, 0.15) is 59.2 Å². The van der Waals surface area contributed by atoms with Gasteiger partial charge in [0.05, 0.1) is 12.5 Å². The molecule has 0 aromatic carbocycles. The SMILES string of the molecule is CC(C)(C)CC(Cn1nnnc1C1CC1(C)C)C(=O)O. The molecular formula is C14H24N4O2. The van der Waals surface area contributed by atoms with Gasteiger partial charge in [0, 0.05) is 5.92 Å². The molecule has 6 nitrogen and oxygen atoms in total. The molecule has 1 heterocycles. The van der Waals surface area contributed by atoms with Crippen molar-refractivity contribution in [2.24, 2.45) is 16.7 Å². The Labute approximate surface area is 119 Å². The van der Waals surface area contributed by atoms with E-state index in [1.165, 1.54) is 0 Å². The first-order valence-corrected chi connectivity index (χ1v) is 7.09. The van der Waals surface area contributed by atoms with Crippen LogP contribution in [0.2, 0.25) is 0 Å². The van der Waals surface area contributed by atoms with Crippen LogP contribution in [0.15, 0.2) is 0 Å². The summed E-state index contributed by atoms with van der Waals surface area (Å²) in [5.74, 6) is -0.0627. The largest absolute Gasteiger partial charge is 0.481 e. The first-order valence-electron chi connectivity index (χ1n) is 7.09. The summed E-state index contributed by atoms with van der Waals surface area (Å²) in [7, 11) is 0. The molecule has 2 rings (SSSR count). The van der Waals surface area contributed by atoms with Crippen LogP contribution in [0.5, 0.6) is 0 Å². The van der Waals surface area contributed by atoms with E-state index in [1.807, 2.05) is 20.8 Å². The molecule has 1 saturated carbocycles. The molecule has 0 bridgehead atoms. The highest BCUT2D eigenvalue weighted by molar-refractivity contribution is 5.69. The Bertz CT molecular complexity index is 502. The molecule has 0 amide bonds. The molecule has 112 valence electrons. The first kappa shape index (κ1) is 14.9. The lowest BCUT2D eigenvalue weighted by molar-refractivity contribution is -0.143. The van der Waals surface area contributed by atoms with Crippen molar-refractivity contribution in [1.82, 2.24) is 20.2 Å². The fraction of sp³-hybridized carbons (Fsp3) is 0.857. The highest BCUT2D eigenvalue weighted by atomic mass is 16.4. The normalized spacial score (nSPS) is 22.6. The fourth-order valence-corrected chi connectivity index (χ4v) is 2.68. The molecule has 1 aliphatic carbocycles. The number of carboxylic acid groups (broad SMARTS) is 1. The lowest BCUT2D eigenvalue weighted by Crippen LogP contribution is -2.26. The third kappa shape index (κ3) is 3.35. The first-order chi connectivity index (χ1) is 9.10. The van der Waals surface area contributed by atoms with E-state index in [4.69, 9.17) is 0 Å². The van der Waals surface area contributed by atoms with E-state index in [1.54, 1.807) is 4.68 Å². The van der Waals surface area contributed by atoms with Gasteiger partial charge in [-0.3, -0.25) is 4.79 Å². The van der Waals surface area contributed by atoms with Crippen molar-refractivity contribution in [2.75, 3.05) is 0 Å². The molecule has 1 fully saturated rings. The molecule has 0 spiro atoms. The number of tetrazole rings is 1. The van der Waals surface area contributed by atoms with Crippen LogP contribution >= 0.6 is 0 Å². The average Bonchev–Trinajstić information content (AvgIpc) is 2.70. The average molecular weight is 280 g/mol. The van der Waals surface area contributed by atoms with Crippen molar-refractivity contribution in [3.05, 3.63) is 5.82 Å².